The highest BCUT2D eigenvalue weighted by Gasteiger charge is 2.05. The number of nitrogens with zero attached hydrogens (tertiary/aromatic N) is 1. The highest BCUT2D eigenvalue weighted by Crippen LogP contribution is 2.22. The quantitative estimate of drug-likeness (QED) is 0.780. The van der Waals surface area contributed by atoms with Crippen molar-refractivity contribution < 1.29 is 4.74 Å². The molecule has 0 aromatic carbocycles. The Kier molecular flexibility index (Phi) is 4.93. The third-order valence-corrected chi connectivity index (χ3v) is 3.04. The molecule has 0 saturated heterocycles. The molecular formula is C10H18N2OS. The monoisotopic (exact) mass is 214 g/mol. The lowest BCUT2D eigenvalue weighted by molar-refractivity contribution is 0.290. The summed E-state index contributed by atoms with van der Waals surface area (Å²) in [6.45, 7) is 5.84. The zero-order valence-electron chi connectivity index (χ0n) is 8.82. The van der Waals surface area contributed by atoms with Crippen LogP contribution in [-0.4, -0.2) is 31.6 Å². The smallest absolute Gasteiger partial charge is 0.129 e. The van der Waals surface area contributed by atoms with E-state index in [-0.39, 0.29) is 0 Å². The van der Waals surface area contributed by atoms with Crippen molar-refractivity contribution in [3.05, 3.63) is 16.3 Å². The Morgan fingerprint density at radius 3 is 2.86 bits per heavy atom. The molecule has 0 fully saturated rings. The van der Waals surface area contributed by atoms with Crippen molar-refractivity contribution in [3.8, 4) is 5.75 Å². The fourth-order valence-electron chi connectivity index (χ4n) is 1.30. The van der Waals surface area contributed by atoms with Crippen LogP contribution in [0.25, 0.3) is 0 Å². The molecular weight excluding hydrogens is 196 g/mol. The van der Waals surface area contributed by atoms with E-state index in [0.29, 0.717) is 0 Å². The summed E-state index contributed by atoms with van der Waals surface area (Å²) in [7, 11) is 1.70. The van der Waals surface area contributed by atoms with Gasteiger partial charge in [-0.1, -0.05) is 6.92 Å². The standard InChI is InChI=1S/C10H18N2OS/c1-3-12(5-4-11)7-10-6-9(13-2)8-14-10/h6,8H,3-5,7,11H2,1-2H3. The van der Waals surface area contributed by atoms with Gasteiger partial charge in [0.15, 0.2) is 0 Å². The lowest BCUT2D eigenvalue weighted by atomic mass is 10.4. The predicted octanol–water partition coefficient (Wildman–Crippen LogP) is 1.54. The molecule has 1 aromatic rings. The van der Waals surface area contributed by atoms with Gasteiger partial charge >= 0.3 is 0 Å². The van der Waals surface area contributed by atoms with E-state index in [4.69, 9.17) is 10.5 Å². The molecule has 3 nitrogen and oxygen atoms in total. The van der Waals surface area contributed by atoms with Crippen molar-refractivity contribution in [2.45, 2.75) is 13.5 Å². The molecule has 0 saturated carbocycles. The number of methoxy groups -OCH3 is 1. The maximum absolute atomic E-state index is 5.53. The molecule has 1 rings (SSSR count). The number of hydrogen-bond acceptors (Lipinski definition) is 4. The topological polar surface area (TPSA) is 38.5 Å². The van der Waals surface area contributed by atoms with Gasteiger partial charge < -0.3 is 10.5 Å². The first-order valence-electron chi connectivity index (χ1n) is 4.84. The van der Waals surface area contributed by atoms with Crippen LogP contribution in [0.15, 0.2) is 11.4 Å². The van der Waals surface area contributed by atoms with Crippen molar-refractivity contribution in [2.75, 3.05) is 26.7 Å². The molecule has 1 heterocycles. The zero-order chi connectivity index (χ0) is 10.4. The SMILES string of the molecule is CCN(CCN)Cc1cc(OC)cs1. The number of ether oxygens (including phenoxy) is 1. The maximum Gasteiger partial charge on any atom is 0.129 e. The van der Waals surface area contributed by atoms with Crippen LogP contribution < -0.4 is 10.5 Å². The van der Waals surface area contributed by atoms with E-state index in [2.05, 4.69) is 17.9 Å². The van der Waals surface area contributed by atoms with Crippen molar-refractivity contribution >= 4 is 11.3 Å². The molecule has 2 N–H and O–H groups in total. The van der Waals surface area contributed by atoms with Gasteiger partial charge in [0.05, 0.1) is 7.11 Å². The summed E-state index contributed by atoms with van der Waals surface area (Å²) >= 11 is 1.74. The average Bonchev–Trinajstić information content (AvgIpc) is 2.65. The molecule has 0 radical (unpaired) electrons. The number of rotatable bonds is 6. The number of likely N-dealkylation sites (N-methyl/N-ethyl adjacent to an activating group) is 1. The summed E-state index contributed by atoms with van der Waals surface area (Å²) in [5.41, 5.74) is 5.53. The van der Waals surface area contributed by atoms with Crippen LogP contribution in [0.2, 0.25) is 0 Å². The molecule has 0 aliphatic carbocycles. The molecule has 1 aromatic heterocycles. The number of nitrogens with two attached hydrogens (primary N) is 1. The fraction of sp³-hybridized carbons (Fsp3) is 0.600. The van der Waals surface area contributed by atoms with Crippen LogP contribution in [-0.2, 0) is 6.54 Å². The Morgan fingerprint density at radius 1 is 1.57 bits per heavy atom. The first kappa shape index (κ1) is 11.5. The Labute approximate surface area is 89.5 Å². The summed E-state index contributed by atoms with van der Waals surface area (Å²) in [5, 5.41) is 2.03. The second-order valence-electron chi connectivity index (χ2n) is 3.11. The van der Waals surface area contributed by atoms with E-state index in [9.17, 15) is 0 Å². The predicted molar refractivity (Wildman–Crippen MR) is 60.9 cm³/mol. The van der Waals surface area contributed by atoms with Crippen LogP contribution in [0.1, 0.15) is 11.8 Å². The van der Waals surface area contributed by atoms with Gasteiger partial charge in [-0.05, 0) is 12.6 Å². The minimum absolute atomic E-state index is 0.719. The van der Waals surface area contributed by atoms with Crippen LogP contribution in [0.4, 0.5) is 0 Å². The van der Waals surface area contributed by atoms with E-state index >= 15 is 0 Å². The molecule has 80 valence electrons. The van der Waals surface area contributed by atoms with Crippen LogP contribution in [0, 0.1) is 0 Å². The number of hydrogen-bond donors (Lipinski definition) is 1. The highest BCUT2D eigenvalue weighted by atomic mass is 32.1. The van der Waals surface area contributed by atoms with Gasteiger partial charge in [-0.3, -0.25) is 4.90 Å². The molecule has 0 aliphatic rings. The van der Waals surface area contributed by atoms with Gasteiger partial charge in [-0.15, -0.1) is 11.3 Å². The van der Waals surface area contributed by atoms with Crippen LogP contribution in [0.3, 0.4) is 0 Å². The van der Waals surface area contributed by atoms with Crippen LogP contribution >= 0.6 is 11.3 Å². The van der Waals surface area contributed by atoms with Gasteiger partial charge in [0.2, 0.25) is 0 Å². The van der Waals surface area contributed by atoms with Gasteiger partial charge in [-0.2, -0.15) is 0 Å². The molecule has 14 heavy (non-hydrogen) atoms. The Bertz CT molecular complexity index is 262. The second-order valence-corrected chi connectivity index (χ2v) is 4.11. The molecule has 0 unspecified atom stereocenters. The Morgan fingerprint density at radius 2 is 2.36 bits per heavy atom. The lowest BCUT2D eigenvalue weighted by Gasteiger charge is -2.17. The second kappa shape index (κ2) is 6.01. The minimum Gasteiger partial charge on any atom is -0.496 e. The van der Waals surface area contributed by atoms with Crippen molar-refractivity contribution in [1.29, 1.82) is 0 Å². The zero-order valence-corrected chi connectivity index (χ0v) is 9.64. The van der Waals surface area contributed by atoms with Crippen molar-refractivity contribution in [3.63, 3.8) is 0 Å². The van der Waals surface area contributed by atoms with Gasteiger partial charge in [0.25, 0.3) is 0 Å². The average molecular weight is 214 g/mol. The summed E-state index contributed by atoms with van der Waals surface area (Å²) in [5.74, 6) is 0.953. The Hall–Kier alpha value is -0.580. The minimum atomic E-state index is 0.719. The summed E-state index contributed by atoms with van der Waals surface area (Å²) in [4.78, 5) is 3.66. The largest absolute Gasteiger partial charge is 0.496 e. The molecule has 0 aliphatic heterocycles. The van der Waals surface area contributed by atoms with Crippen molar-refractivity contribution in [1.82, 2.24) is 4.90 Å². The van der Waals surface area contributed by atoms with Gasteiger partial charge in [0.1, 0.15) is 5.75 Å². The third-order valence-electron chi connectivity index (χ3n) is 2.14. The molecule has 0 spiro atoms. The normalized spacial score (nSPS) is 10.9. The maximum atomic E-state index is 5.53. The van der Waals surface area contributed by atoms with Crippen LogP contribution in [0.5, 0.6) is 5.75 Å². The highest BCUT2D eigenvalue weighted by molar-refractivity contribution is 7.10. The van der Waals surface area contributed by atoms with E-state index < -0.39 is 0 Å². The molecule has 0 atom stereocenters. The van der Waals surface area contributed by atoms with E-state index in [1.165, 1.54) is 4.88 Å². The third kappa shape index (κ3) is 3.29. The summed E-state index contributed by atoms with van der Waals surface area (Å²) in [6.07, 6.45) is 0. The van der Waals surface area contributed by atoms with E-state index in [1.54, 1.807) is 18.4 Å². The summed E-state index contributed by atoms with van der Waals surface area (Å²) < 4.78 is 5.14. The first-order chi connectivity index (χ1) is 6.80. The molecule has 4 heteroatoms. The van der Waals surface area contributed by atoms with E-state index in [0.717, 1.165) is 31.9 Å². The first-order valence-corrected chi connectivity index (χ1v) is 5.72. The Balaban J connectivity index is 2.48. The number of thiophene rings is 1. The van der Waals surface area contributed by atoms with E-state index in [1.807, 2.05) is 5.38 Å². The van der Waals surface area contributed by atoms with Gasteiger partial charge in [-0.25, -0.2) is 0 Å². The molecule has 0 bridgehead atoms. The summed E-state index contributed by atoms with van der Waals surface area (Å²) in [6, 6.07) is 2.09. The molecule has 0 amide bonds. The van der Waals surface area contributed by atoms with Gasteiger partial charge in [0, 0.05) is 29.9 Å². The van der Waals surface area contributed by atoms with Crippen molar-refractivity contribution in [2.24, 2.45) is 5.73 Å². The fourth-order valence-corrected chi connectivity index (χ4v) is 2.18. The lowest BCUT2D eigenvalue weighted by Crippen LogP contribution is -2.28.